The largest absolute Gasteiger partial charge is 0.469 e. The van der Waals surface area contributed by atoms with Crippen molar-refractivity contribution >= 4 is 11.8 Å². The normalized spacial score (nSPS) is 9.88. The quantitative estimate of drug-likeness (QED) is 0.569. The van der Waals surface area contributed by atoms with Crippen molar-refractivity contribution in [2.45, 2.75) is 19.3 Å². The minimum atomic E-state index is -0.432. The number of esters is 1. The van der Waals surface area contributed by atoms with E-state index in [9.17, 15) is 14.0 Å². The molecule has 16 heavy (non-hydrogen) atoms. The van der Waals surface area contributed by atoms with Gasteiger partial charge in [0.1, 0.15) is 5.82 Å². The second-order valence-electron chi connectivity index (χ2n) is 3.36. The molecule has 0 fully saturated rings. The summed E-state index contributed by atoms with van der Waals surface area (Å²) in [6.45, 7) is 0. The number of rotatable bonds is 5. The van der Waals surface area contributed by atoms with Gasteiger partial charge in [-0.05, 0) is 18.6 Å². The molecule has 1 aromatic carbocycles. The smallest absolute Gasteiger partial charge is 0.305 e. The zero-order chi connectivity index (χ0) is 12.0. The predicted octanol–water partition coefficient (Wildman–Crippen LogP) is 2.35. The summed E-state index contributed by atoms with van der Waals surface area (Å²) >= 11 is 0. The van der Waals surface area contributed by atoms with Crippen LogP contribution in [0.5, 0.6) is 0 Å². The summed E-state index contributed by atoms with van der Waals surface area (Å²) in [6.07, 6.45) is 0.845. The van der Waals surface area contributed by atoms with E-state index in [0.717, 1.165) is 0 Å². The lowest BCUT2D eigenvalue weighted by atomic mass is 10.1. The molecule has 0 amide bonds. The number of benzene rings is 1. The molecule has 3 nitrogen and oxygen atoms in total. The van der Waals surface area contributed by atoms with Crippen molar-refractivity contribution in [1.82, 2.24) is 0 Å². The fourth-order valence-electron chi connectivity index (χ4n) is 1.30. The van der Waals surface area contributed by atoms with Crippen molar-refractivity contribution in [2.75, 3.05) is 7.11 Å². The Morgan fingerprint density at radius 2 is 2.06 bits per heavy atom. The SMILES string of the molecule is COC(=O)CCCC(=O)c1cccc(F)c1. The lowest BCUT2D eigenvalue weighted by Gasteiger charge is -2.01. The van der Waals surface area contributed by atoms with E-state index in [4.69, 9.17) is 0 Å². The Labute approximate surface area is 93.2 Å². The van der Waals surface area contributed by atoms with E-state index < -0.39 is 5.82 Å². The number of carbonyl (C=O) groups excluding carboxylic acids is 2. The minimum Gasteiger partial charge on any atom is -0.469 e. The number of carbonyl (C=O) groups is 2. The number of halogens is 1. The molecule has 0 aliphatic carbocycles. The molecule has 0 heterocycles. The van der Waals surface area contributed by atoms with Gasteiger partial charge in [0.25, 0.3) is 0 Å². The van der Waals surface area contributed by atoms with E-state index in [0.29, 0.717) is 12.0 Å². The maximum Gasteiger partial charge on any atom is 0.305 e. The van der Waals surface area contributed by atoms with Crippen molar-refractivity contribution in [2.24, 2.45) is 0 Å². The molecule has 0 saturated heterocycles. The Hall–Kier alpha value is -1.71. The molecule has 0 aliphatic rings. The summed E-state index contributed by atoms with van der Waals surface area (Å²) in [5.41, 5.74) is 0.338. The van der Waals surface area contributed by atoms with Crippen LogP contribution in [0.3, 0.4) is 0 Å². The average Bonchev–Trinajstić information content (AvgIpc) is 2.28. The van der Waals surface area contributed by atoms with Gasteiger partial charge in [0.05, 0.1) is 7.11 Å². The zero-order valence-electron chi connectivity index (χ0n) is 9.03. The summed E-state index contributed by atoms with van der Waals surface area (Å²) < 4.78 is 17.3. The molecule has 86 valence electrons. The van der Waals surface area contributed by atoms with Crippen molar-refractivity contribution in [3.63, 3.8) is 0 Å². The maximum atomic E-state index is 12.8. The molecule has 1 aromatic rings. The fraction of sp³-hybridized carbons (Fsp3) is 0.333. The first kappa shape index (κ1) is 12.4. The van der Waals surface area contributed by atoms with E-state index >= 15 is 0 Å². The fourth-order valence-corrected chi connectivity index (χ4v) is 1.30. The Kier molecular flexibility index (Phi) is 4.64. The Morgan fingerprint density at radius 3 is 2.69 bits per heavy atom. The zero-order valence-corrected chi connectivity index (χ0v) is 9.03. The van der Waals surface area contributed by atoms with Crippen molar-refractivity contribution < 1.29 is 18.7 Å². The monoisotopic (exact) mass is 224 g/mol. The van der Waals surface area contributed by atoms with Crippen LogP contribution in [0.25, 0.3) is 0 Å². The van der Waals surface area contributed by atoms with Crippen LogP contribution >= 0.6 is 0 Å². The van der Waals surface area contributed by atoms with E-state index in [2.05, 4.69) is 4.74 Å². The average molecular weight is 224 g/mol. The molecule has 0 unspecified atom stereocenters. The Morgan fingerprint density at radius 1 is 1.31 bits per heavy atom. The topological polar surface area (TPSA) is 43.4 Å². The van der Waals surface area contributed by atoms with Crippen LogP contribution < -0.4 is 0 Å². The van der Waals surface area contributed by atoms with Gasteiger partial charge in [0.2, 0.25) is 0 Å². The summed E-state index contributed by atoms with van der Waals surface area (Å²) in [6, 6.07) is 5.53. The molecule has 4 heteroatoms. The van der Waals surface area contributed by atoms with Crippen LogP contribution in [0.15, 0.2) is 24.3 Å². The van der Waals surface area contributed by atoms with Gasteiger partial charge in [0, 0.05) is 18.4 Å². The number of hydrogen-bond donors (Lipinski definition) is 0. The summed E-state index contributed by atoms with van der Waals surface area (Å²) in [5.74, 6) is -0.936. The molecule has 1 rings (SSSR count). The molecular weight excluding hydrogens is 211 g/mol. The predicted molar refractivity (Wildman–Crippen MR) is 56.6 cm³/mol. The van der Waals surface area contributed by atoms with Gasteiger partial charge >= 0.3 is 5.97 Å². The Balaban J connectivity index is 2.44. The standard InChI is InChI=1S/C12H13FO3/c1-16-12(15)7-3-6-11(14)9-4-2-5-10(13)8-9/h2,4-5,8H,3,6-7H2,1H3. The molecule has 0 N–H and O–H groups in total. The molecule has 0 saturated carbocycles. The van der Waals surface area contributed by atoms with Crippen LogP contribution in [-0.2, 0) is 9.53 Å². The van der Waals surface area contributed by atoms with Gasteiger partial charge in [-0.15, -0.1) is 0 Å². The summed E-state index contributed by atoms with van der Waals surface area (Å²) in [7, 11) is 1.30. The lowest BCUT2D eigenvalue weighted by Crippen LogP contribution is -2.03. The van der Waals surface area contributed by atoms with Crippen LogP contribution in [0.4, 0.5) is 4.39 Å². The van der Waals surface area contributed by atoms with Gasteiger partial charge in [0.15, 0.2) is 5.78 Å². The molecule has 0 spiro atoms. The third kappa shape index (κ3) is 3.81. The molecule has 0 radical (unpaired) electrons. The first-order chi connectivity index (χ1) is 7.63. The second-order valence-corrected chi connectivity index (χ2v) is 3.36. The lowest BCUT2D eigenvalue weighted by molar-refractivity contribution is -0.140. The van der Waals surface area contributed by atoms with Crippen LogP contribution in [0.2, 0.25) is 0 Å². The molecule has 0 aromatic heterocycles. The minimum absolute atomic E-state index is 0.164. The highest BCUT2D eigenvalue weighted by Crippen LogP contribution is 2.09. The first-order valence-corrected chi connectivity index (χ1v) is 4.99. The Bertz CT molecular complexity index is 388. The molecular formula is C12H13FO3. The number of hydrogen-bond acceptors (Lipinski definition) is 3. The maximum absolute atomic E-state index is 12.8. The molecule has 0 atom stereocenters. The van der Waals surface area contributed by atoms with Gasteiger partial charge in [-0.25, -0.2) is 4.39 Å². The van der Waals surface area contributed by atoms with Crippen LogP contribution in [0.1, 0.15) is 29.6 Å². The van der Waals surface area contributed by atoms with Gasteiger partial charge in [-0.1, -0.05) is 12.1 Å². The second kappa shape index (κ2) is 6.00. The van der Waals surface area contributed by atoms with E-state index in [1.54, 1.807) is 6.07 Å². The summed E-state index contributed by atoms with van der Waals surface area (Å²) in [4.78, 5) is 22.3. The van der Waals surface area contributed by atoms with Crippen LogP contribution in [-0.4, -0.2) is 18.9 Å². The third-order valence-corrected chi connectivity index (χ3v) is 2.16. The number of Topliss-reactive ketones (excluding diaryl/α,β-unsaturated/α-hetero) is 1. The first-order valence-electron chi connectivity index (χ1n) is 4.99. The number of methoxy groups -OCH3 is 1. The highest BCUT2D eigenvalue weighted by Gasteiger charge is 2.08. The van der Waals surface area contributed by atoms with Crippen molar-refractivity contribution in [1.29, 1.82) is 0 Å². The van der Waals surface area contributed by atoms with Gasteiger partial charge < -0.3 is 4.74 Å². The van der Waals surface area contributed by atoms with Crippen molar-refractivity contribution in [3.8, 4) is 0 Å². The van der Waals surface area contributed by atoms with Crippen molar-refractivity contribution in [3.05, 3.63) is 35.6 Å². The highest BCUT2D eigenvalue weighted by atomic mass is 19.1. The van der Waals surface area contributed by atoms with E-state index in [-0.39, 0.29) is 24.6 Å². The number of ether oxygens (including phenoxy) is 1. The van der Waals surface area contributed by atoms with Crippen LogP contribution in [0, 0.1) is 5.82 Å². The van der Waals surface area contributed by atoms with Gasteiger partial charge in [-0.2, -0.15) is 0 Å². The number of ketones is 1. The molecule has 0 aliphatic heterocycles. The van der Waals surface area contributed by atoms with E-state index in [1.807, 2.05) is 0 Å². The van der Waals surface area contributed by atoms with E-state index in [1.165, 1.54) is 25.3 Å². The third-order valence-electron chi connectivity index (χ3n) is 2.16. The van der Waals surface area contributed by atoms with Gasteiger partial charge in [-0.3, -0.25) is 9.59 Å². The highest BCUT2D eigenvalue weighted by molar-refractivity contribution is 5.96. The summed E-state index contributed by atoms with van der Waals surface area (Å²) in [5, 5.41) is 0. The molecule has 0 bridgehead atoms.